The van der Waals surface area contributed by atoms with Crippen LogP contribution in [0.3, 0.4) is 0 Å². The van der Waals surface area contributed by atoms with E-state index in [-0.39, 0.29) is 36.6 Å². The van der Waals surface area contributed by atoms with Crippen LogP contribution in [0.15, 0.2) is 182 Å². The van der Waals surface area contributed by atoms with Crippen LogP contribution in [0.2, 0.25) is 0 Å². The van der Waals surface area contributed by atoms with Gasteiger partial charge in [0.05, 0.1) is 79.3 Å². The summed E-state index contributed by atoms with van der Waals surface area (Å²) in [6.45, 7) is 37.1. The van der Waals surface area contributed by atoms with E-state index < -0.39 is 0 Å². The lowest BCUT2D eigenvalue weighted by Crippen LogP contribution is -2.08. The van der Waals surface area contributed by atoms with Gasteiger partial charge in [-0.3, -0.25) is 0 Å². The number of fused-ring (bicyclic) bond motifs is 3. The van der Waals surface area contributed by atoms with E-state index in [1.165, 1.54) is 0 Å². The Morgan fingerprint density at radius 3 is 0.417 bits per heavy atom. The Balaban J connectivity index is 0.000000173. The molecule has 108 heavy (non-hydrogen) atoms. The summed E-state index contributed by atoms with van der Waals surface area (Å²) >= 11 is 0. The fraction of sp³-hybridized carbons (Fsp3) is 0.312. The van der Waals surface area contributed by atoms with Gasteiger partial charge in [0.2, 0.25) is 0 Å². The Kier molecular flexibility index (Phi) is 25.9. The van der Waals surface area contributed by atoms with E-state index in [4.69, 9.17) is 56.8 Å². The molecule has 0 heterocycles. The smallest absolute Gasteiger partial charge is 0.128 e. The van der Waals surface area contributed by atoms with Gasteiger partial charge in [-0.05, 0) is 317 Å². The molecule has 12 aromatic carbocycles. The zero-order chi connectivity index (χ0) is 77.9. The lowest BCUT2D eigenvalue weighted by Gasteiger charge is -2.22. The predicted molar refractivity (Wildman–Crippen MR) is 447 cm³/mol. The van der Waals surface area contributed by atoms with Gasteiger partial charge in [-0.15, -0.1) is 0 Å². The maximum Gasteiger partial charge on any atom is 0.128 e. The van der Waals surface area contributed by atoms with Crippen molar-refractivity contribution in [3.63, 3.8) is 0 Å². The van der Waals surface area contributed by atoms with Crippen LogP contribution in [0.25, 0.3) is 99.1 Å². The first-order valence-electron chi connectivity index (χ1n) is 37.4. The second kappa shape index (κ2) is 35.2. The van der Waals surface area contributed by atoms with Crippen LogP contribution in [0.5, 0.6) is 69.0 Å². The summed E-state index contributed by atoms with van der Waals surface area (Å²) in [5, 5.41) is 6.65. The number of benzene rings is 12. The van der Waals surface area contributed by atoms with E-state index in [1.807, 2.05) is 36.4 Å². The molecule has 0 unspecified atom stereocenters. The quantitative estimate of drug-likeness (QED) is 0.0574. The summed E-state index contributed by atoms with van der Waals surface area (Å²) in [7, 11) is 10.2. The second-order valence-corrected chi connectivity index (χ2v) is 29.0. The molecule has 0 spiro atoms. The van der Waals surface area contributed by atoms with Gasteiger partial charge in [0.15, 0.2) is 0 Å². The van der Waals surface area contributed by atoms with Gasteiger partial charge in [-0.2, -0.15) is 0 Å². The van der Waals surface area contributed by atoms with Gasteiger partial charge in [-0.25, -0.2) is 0 Å². The largest absolute Gasteiger partial charge is 0.496 e. The minimum Gasteiger partial charge on any atom is -0.496 e. The van der Waals surface area contributed by atoms with Gasteiger partial charge < -0.3 is 56.8 Å². The fourth-order valence-corrected chi connectivity index (χ4v) is 14.2. The van der Waals surface area contributed by atoms with Crippen molar-refractivity contribution < 1.29 is 56.8 Å². The molecule has 0 N–H and O–H groups in total. The van der Waals surface area contributed by atoms with Crippen LogP contribution < -0.4 is 56.8 Å². The van der Waals surface area contributed by atoms with Crippen LogP contribution in [0, 0.1) is 41.5 Å². The average Bonchev–Trinajstić information content (AvgIpc) is 0.756. The molecular formula is C96H108O12. The summed E-state index contributed by atoms with van der Waals surface area (Å²) in [5.74, 6) is 10.2. The van der Waals surface area contributed by atoms with Crippen LogP contribution in [0.1, 0.15) is 116 Å². The molecule has 0 aliphatic carbocycles. The second-order valence-electron chi connectivity index (χ2n) is 29.0. The van der Waals surface area contributed by atoms with Crippen LogP contribution in [-0.2, 0) is 0 Å². The first kappa shape index (κ1) is 79.6. The first-order valence-corrected chi connectivity index (χ1v) is 37.4. The van der Waals surface area contributed by atoms with Crippen LogP contribution in [-0.4, -0.2) is 79.3 Å². The molecule has 0 fully saturated rings. The lowest BCUT2D eigenvalue weighted by molar-refractivity contribution is 0.242. The van der Waals surface area contributed by atoms with Crippen molar-refractivity contribution in [2.24, 2.45) is 0 Å². The molecule has 12 nitrogen and oxygen atoms in total. The molecule has 0 atom stereocenters. The van der Waals surface area contributed by atoms with Crippen molar-refractivity contribution in [3.05, 3.63) is 215 Å². The summed E-state index contributed by atoms with van der Waals surface area (Å²) in [5.41, 5.74) is 19.1. The van der Waals surface area contributed by atoms with E-state index in [2.05, 4.69) is 270 Å². The van der Waals surface area contributed by atoms with Crippen molar-refractivity contribution in [2.45, 2.75) is 161 Å². The van der Waals surface area contributed by atoms with Gasteiger partial charge >= 0.3 is 0 Å². The summed E-state index contributed by atoms with van der Waals surface area (Å²) < 4.78 is 71.6. The normalized spacial score (nSPS) is 11.3. The molecule has 0 radical (unpaired) electrons. The highest BCUT2D eigenvalue weighted by Crippen LogP contribution is 2.52. The molecule has 0 amide bonds. The standard InChI is InChI=1S/3C32H36O4/c3*1-19(2)35-28-15-9-23-10-16-29(36-20(3)4)31(25-12-14-27(34-8)22(6)18-25)32(23)30(28)24-11-13-26(33-7)21(5)17-24/h3*9-20H,1-8H3. The molecule has 12 rings (SSSR count). The lowest BCUT2D eigenvalue weighted by atomic mass is 9.89. The first-order chi connectivity index (χ1) is 51.7. The summed E-state index contributed by atoms with van der Waals surface area (Å²) in [4.78, 5) is 0. The number of rotatable bonds is 24. The highest BCUT2D eigenvalue weighted by Gasteiger charge is 2.26. The Labute approximate surface area is 640 Å². The van der Waals surface area contributed by atoms with Crippen molar-refractivity contribution in [1.29, 1.82) is 0 Å². The average molecular weight is 1450 g/mol. The summed E-state index contributed by atoms with van der Waals surface area (Å²) in [6, 6.07) is 63.0. The number of hydrogen-bond donors (Lipinski definition) is 0. The zero-order valence-corrected chi connectivity index (χ0v) is 67.7. The van der Waals surface area contributed by atoms with E-state index >= 15 is 0 Å². The Hall–Kier alpha value is -11.0. The third kappa shape index (κ3) is 17.8. The molecule has 0 bridgehead atoms. The SMILES string of the molecule is COc1ccc(-c2c(OC(C)C)ccc3ccc(OC(C)C)c(-c4ccc(OC)c(C)c4)c23)cc1C.COc1ccc(-c2c(OC(C)C)ccc3ccc(OC(C)C)c(-c4ccc(OC)c(C)c4)c23)cc1C.COc1ccc(-c2c(OC(C)C)ccc3ccc(OC(C)C)c(-c4ccc(OC)c(C)c4)c23)cc1C. The predicted octanol–water partition coefficient (Wildman–Crippen LogP) is 25.1. The third-order valence-electron chi connectivity index (χ3n) is 18.6. The van der Waals surface area contributed by atoms with Crippen LogP contribution >= 0.6 is 0 Å². The van der Waals surface area contributed by atoms with E-state index in [0.717, 1.165) is 201 Å². The molecule has 0 saturated carbocycles. The molecule has 564 valence electrons. The number of hydrogen-bond acceptors (Lipinski definition) is 12. The van der Waals surface area contributed by atoms with Gasteiger partial charge in [0, 0.05) is 49.5 Å². The molecular weight excluding hydrogens is 1350 g/mol. The highest BCUT2D eigenvalue weighted by molar-refractivity contribution is 6.13. The molecule has 12 aromatic rings. The maximum atomic E-state index is 6.38. The van der Waals surface area contributed by atoms with E-state index in [9.17, 15) is 0 Å². The van der Waals surface area contributed by atoms with Gasteiger partial charge in [-0.1, -0.05) is 72.8 Å². The van der Waals surface area contributed by atoms with Crippen LogP contribution in [0.4, 0.5) is 0 Å². The van der Waals surface area contributed by atoms with Crippen molar-refractivity contribution in [2.75, 3.05) is 42.7 Å². The number of ether oxygens (including phenoxy) is 12. The van der Waals surface area contributed by atoms with Crippen molar-refractivity contribution in [1.82, 2.24) is 0 Å². The van der Waals surface area contributed by atoms with Crippen molar-refractivity contribution in [3.8, 4) is 136 Å². The molecule has 0 aliphatic rings. The Morgan fingerprint density at radius 2 is 0.306 bits per heavy atom. The Morgan fingerprint density at radius 1 is 0.176 bits per heavy atom. The van der Waals surface area contributed by atoms with Gasteiger partial charge in [0.1, 0.15) is 69.0 Å². The molecule has 0 saturated heterocycles. The Bertz CT molecular complexity index is 4360. The van der Waals surface area contributed by atoms with Crippen molar-refractivity contribution >= 4 is 32.3 Å². The molecule has 0 aromatic heterocycles. The zero-order valence-electron chi connectivity index (χ0n) is 67.7. The minimum atomic E-state index is 0.0299. The fourth-order valence-electron chi connectivity index (χ4n) is 14.2. The topological polar surface area (TPSA) is 111 Å². The molecule has 12 heteroatoms. The third-order valence-corrected chi connectivity index (χ3v) is 18.6. The van der Waals surface area contributed by atoms with Gasteiger partial charge in [0.25, 0.3) is 0 Å². The maximum absolute atomic E-state index is 6.38. The molecule has 0 aliphatic heterocycles. The number of methoxy groups -OCH3 is 6. The van der Waals surface area contributed by atoms with E-state index in [1.54, 1.807) is 42.7 Å². The minimum absolute atomic E-state index is 0.0299. The monoisotopic (exact) mass is 1450 g/mol. The van der Waals surface area contributed by atoms with E-state index in [0.29, 0.717) is 0 Å². The highest BCUT2D eigenvalue weighted by atomic mass is 16.5. The number of aryl methyl sites for hydroxylation is 6. The summed E-state index contributed by atoms with van der Waals surface area (Å²) in [6.07, 6.45) is 0.180.